The molecule has 5 heteroatoms. The lowest BCUT2D eigenvalue weighted by Gasteiger charge is -2.03. The van der Waals surface area contributed by atoms with Crippen molar-refractivity contribution in [3.8, 4) is 17.0 Å². The van der Waals surface area contributed by atoms with E-state index in [-0.39, 0.29) is 5.82 Å². The van der Waals surface area contributed by atoms with Gasteiger partial charge >= 0.3 is 0 Å². The topological polar surface area (TPSA) is 43.9 Å². The molecule has 0 aliphatic heterocycles. The lowest BCUT2D eigenvalue weighted by Crippen LogP contribution is -1.96. The van der Waals surface area contributed by atoms with Crippen LogP contribution in [0.25, 0.3) is 17.0 Å². The van der Waals surface area contributed by atoms with Crippen LogP contribution in [-0.4, -0.2) is 15.0 Å². The molecular weight excluding hydrogens is 233 g/mol. The van der Waals surface area contributed by atoms with E-state index < -0.39 is 0 Å². The van der Waals surface area contributed by atoms with Crippen LogP contribution in [-0.2, 0) is 0 Å². The molecule has 0 atom stereocenters. The predicted molar refractivity (Wildman–Crippen MR) is 63.8 cm³/mol. The first-order valence-electron chi connectivity index (χ1n) is 5.47. The zero-order valence-corrected chi connectivity index (χ0v) is 9.67. The molecule has 1 aromatic carbocycles. The average molecular weight is 243 g/mol. The second-order valence-electron chi connectivity index (χ2n) is 3.95. The average Bonchev–Trinajstić information content (AvgIpc) is 2.99. The standard InChI is InChI=1S/C13H10FN3O/c1-9-8-17(16-15-9)10-4-5-11(12(14)7-10)13-3-2-6-18-13/h2-8H,1H3. The molecule has 90 valence electrons. The summed E-state index contributed by atoms with van der Waals surface area (Å²) in [6.07, 6.45) is 3.25. The van der Waals surface area contributed by atoms with Gasteiger partial charge in [0.25, 0.3) is 0 Å². The Hall–Kier alpha value is -2.43. The Balaban J connectivity index is 2.04. The molecular formula is C13H10FN3O. The fraction of sp³-hybridized carbons (Fsp3) is 0.0769. The van der Waals surface area contributed by atoms with E-state index in [1.165, 1.54) is 17.0 Å². The van der Waals surface area contributed by atoms with Crippen LogP contribution < -0.4 is 0 Å². The number of hydrogen-bond donors (Lipinski definition) is 0. The van der Waals surface area contributed by atoms with Crippen molar-refractivity contribution < 1.29 is 8.81 Å². The Morgan fingerprint density at radius 3 is 2.78 bits per heavy atom. The fourth-order valence-electron chi connectivity index (χ4n) is 1.75. The SMILES string of the molecule is Cc1cn(-c2ccc(-c3ccco3)c(F)c2)nn1. The van der Waals surface area contributed by atoms with Gasteiger partial charge in [-0.25, -0.2) is 9.07 Å². The molecule has 0 amide bonds. The molecule has 0 aliphatic carbocycles. The molecule has 2 heterocycles. The van der Waals surface area contributed by atoms with Gasteiger partial charge in [0.05, 0.1) is 29.4 Å². The summed E-state index contributed by atoms with van der Waals surface area (Å²) in [6.45, 7) is 1.83. The Bertz CT molecular complexity index is 673. The van der Waals surface area contributed by atoms with Crippen molar-refractivity contribution in [1.82, 2.24) is 15.0 Å². The number of hydrogen-bond acceptors (Lipinski definition) is 3. The molecule has 18 heavy (non-hydrogen) atoms. The summed E-state index contributed by atoms with van der Waals surface area (Å²) >= 11 is 0. The van der Waals surface area contributed by atoms with Gasteiger partial charge in [-0.3, -0.25) is 0 Å². The number of rotatable bonds is 2. The van der Waals surface area contributed by atoms with Crippen LogP contribution >= 0.6 is 0 Å². The van der Waals surface area contributed by atoms with Crippen LogP contribution in [0.15, 0.2) is 47.2 Å². The normalized spacial score (nSPS) is 10.8. The molecule has 0 aliphatic rings. The molecule has 3 rings (SSSR count). The quantitative estimate of drug-likeness (QED) is 0.695. The molecule has 4 nitrogen and oxygen atoms in total. The van der Waals surface area contributed by atoms with Gasteiger partial charge in [0, 0.05) is 6.07 Å². The Morgan fingerprint density at radius 2 is 2.17 bits per heavy atom. The van der Waals surface area contributed by atoms with Gasteiger partial charge in [0.1, 0.15) is 11.6 Å². The maximum absolute atomic E-state index is 14.0. The van der Waals surface area contributed by atoms with E-state index in [1.807, 2.05) is 6.92 Å². The summed E-state index contributed by atoms with van der Waals surface area (Å²) in [4.78, 5) is 0. The van der Waals surface area contributed by atoms with Gasteiger partial charge in [-0.15, -0.1) is 5.10 Å². The van der Waals surface area contributed by atoms with E-state index in [4.69, 9.17) is 4.42 Å². The van der Waals surface area contributed by atoms with Crippen molar-refractivity contribution >= 4 is 0 Å². The maximum Gasteiger partial charge on any atom is 0.136 e. The Labute approximate surface area is 103 Å². The third kappa shape index (κ3) is 1.79. The zero-order valence-electron chi connectivity index (χ0n) is 9.67. The van der Waals surface area contributed by atoms with Gasteiger partial charge in [-0.2, -0.15) is 0 Å². The molecule has 0 spiro atoms. The minimum Gasteiger partial charge on any atom is -0.464 e. The van der Waals surface area contributed by atoms with Crippen LogP contribution in [0.3, 0.4) is 0 Å². The van der Waals surface area contributed by atoms with Gasteiger partial charge in [0.2, 0.25) is 0 Å². The van der Waals surface area contributed by atoms with Gasteiger partial charge in [0.15, 0.2) is 0 Å². The largest absolute Gasteiger partial charge is 0.464 e. The lowest BCUT2D eigenvalue weighted by atomic mass is 10.1. The third-order valence-electron chi connectivity index (χ3n) is 2.61. The van der Waals surface area contributed by atoms with Crippen molar-refractivity contribution in [1.29, 1.82) is 0 Å². The van der Waals surface area contributed by atoms with Crippen molar-refractivity contribution in [3.63, 3.8) is 0 Å². The molecule has 0 fully saturated rings. The minimum absolute atomic E-state index is 0.351. The summed E-state index contributed by atoms with van der Waals surface area (Å²) in [5.74, 6) is 0.157. The van der Waals surface area contributed by atoms with E-state index in [0.29, 0.717) is 17.0 Å². The van der Waals surface area contributed by atoms with Crippen LogP contribution in [0.2, 0.25) is 0 Å². The van der Waals surface area contributed by atoms with E-state index in [2.05, 4.69) is 10.3 Å². The molecule has 0 saturated carbocycles. The van der Waals surface area contributed by atoms with Crippen molar-refractivity contribution in [2.24, 2.45) is 0 Å². The zero-order chi connectivity index (χ0) is 12.5. The Morgan fingerprint density at radius 1 is 1.28 bits per heavy atom. The molecule has 0 N–H and O–H groups in total. The first-order chi connectivity index (χ1) is 8.74. The number of furan rings is 1. The monoisotopic (exact) mass is 243 g/mol. The predicted octanol–water partition coefficient (Wildman–Crippen LogP) is 2.97. The first kappa shape index (κ1) is 10.7. The van der Waals surface area contributed by atoms with E-state index in [9.17, 15) is 4.39 Å². The highest BCUT2D eigenvalue weighted by Gasteiger charge is 2.09. The van der Waals surface area contributed by atoms with Gasteiger partial charge in [-0.1, -0.05) is 5.21 Å². The number of aryl methyl sites for hydroxylation is 1. The molecule has 0 bridgehead atoms. The summed E-state index contributed by atoms with van der Waals surface area (Å²) in [6, 6.07) is 8.29. The molecule has 2 aromatic heterocycles. The number of nitrogens with zero attached hydrogens (tertiary/aromatic N) is 3. The van der Waals surface area contributed by atoms with Crippen LogP contribution in [0, 0.1) is 12.7 Å². The van der Waals surface area contributed by atoms with Gasteiger partial charge in [-0.05, 0) is 31.2 Å². The van der Waals surface area contributed by atoms with Crippen LogP contribution in [0.4, 0.5) is 4.39 Å². The van der Waals surface area contributed by atoms with Crippen LogP contribution in [0.1, 0.15) is 5.69 Å². The highest BCUT2D eigenvalue weighted by Crippen LogP contribution is 2.24. The lowest BCUT2D eigenvalue weighted by molar-refractivity contribution is 0.569. The molecule has 0 unspecified atom stereocenters. The number of aromatic nitrogens is 3. The molecule has 3 aromatic rings. The summed E-state index contributed by atoms with van der Waals surface area (Å²) in [5, 5.41) is 7.76. The number of halogens is 1. The highest BCUT2D eigenvalue weighted by atomic mass is 19.1. The van der Waals surface area contributed by atoms with E-state index in [0.717, 1.165) is 5.69 Å². The second-order valence-corrected chi connectivity index (χ2v) is 3.95. The van der Waals surface area contributed by atoms with E-state index in [1.54, 1.807) is 30.5 Å². The van der Waals surface area contributed by atoms with E-state index >= 15 is 0 Å². The smallest absolute Gasteiger partial charge is 0.136 e. The van der Waals surface area contributed by atoms with Crippen molar-refractivity contribution in [2.75, 3.05) is 0 Å². The summed E-state index contributed by atoms with van der Waals surface area (Å²) in [7, 11) is 0. The highest BCUT2D eigenvalue weighted by molar-refractivity contribution is 5.60. The third-order valence-corrected chi connectivity index (χ3v) is 2.61. The maximum atomic E-state index is 14.0. The van der Waals surface area contributed by atoms with Crippen LogP contribution in [0.5, 0.6) is 0 Å². The number of benzene rings is 1. The van der Waals surface area contributed by atoms with Crippen molar-refractivity contribution in [2.45, 2.75) is 6.92 Å². The molecule has 0 saturated heterocycles. The minimum atomic E-state index is -0.351. The summed E-state index contributed by atoms with van der Waals surface area (Å²) in [5.41, 5.74) is 1.84. The second kappa shape index (κ2) is 4.10. The Kier molecular flexibility index (Phi) is 2.44. The van der Waals surface area contributed by atoms with Gasteiger partial charge < -0.3 is 4.42 Å². The first-order valence-corrected chi connectivity index (χ1v) is 5.47. The molecule has 0 radical (unpaired) electrons. The summed E-state index contributed by atoms with van der Waals surface area (Å²) < 4.78 is 20.7. The fourth-order valence-corrected chi connectivity index (χ4v) is 1.75. The van der Waals surface area contributed by atoms with Crippen molar-refractivity contribution in [3.05, 3.63) is 54.3 Å².